The molecule has 0 bridgehead atoms. The minimum absolute atomic E-state index is 0.0569. The highest BCUT2D eigenvalue weighted by atomic mass is 32.2. The molecule has 0 spiro atoms. The minimum Gasteiger partial charge on any atom is -0.455 e. The summed E-state index contributed by atoms with van der Waals surface area (Å²) < 4.78 is 29.0. The van der Waals surface area contributed by atoms with Gasteiger partial charge in [-0.1, -0.05) is 42.5 Å². The van der Waals surface area contributed by atoms with Gasteiger partial charge in [0.15, 0.2) is 16.4 Å². The predicted octanol–water partition coefficient (Wildman–Crippen LogP) is 2.30. The van der Waals surface area contributed by atoms with Gasteiger partial charge in [-0.2, -0.15) is 0 Å². The van der Waals surface area contributed by atoms with Crippen molar-refractivity contribution in [2.45, 2.75) is 25.8 Å². The molecule has 1 fully saturated rings. The Morgan fingerprint density at radius 1 is 1.07 bits per heavy atom. The van der Waals surface area contributed by atoms with E-state index in [2.05, 4.69) is 0 Å². The Morgan fingerprint density at radius 3 is 2.39 bits per heavy atom. The summed E-state index contributed by atoms with van der Waals surface area (Å²) in [6.07, 6.45) is 0.462. The number of esters is 1. The van der Waals surface area contributed by atoms with E-state index in [4.69, 9.17) is 4.74 Å². The summed E-state index contributed by atoms with van der Waals surface area (Å²) in [4.78, 5) is 26.4. The van der Waals surface area contributed by atoms with Gasteiger partial charge in [-0.25, -0.2) is 8.42 Å². The maximum absolute atomic E-state index is 12.8. The Bertz CT molecular complexity index is 956. The Labute approximate surface area is 165 Å². The van der Waals surface area contributed by atoms with Gasteiger partial charge < -0.3 is 9.64 Å². The molecule has 0 aliphatic carbocycles. The smallest absolute Gasteiger partial charge is 0.310 e. The molecular weight excluding hydrogens is 378 g/mol. The molecule has 0 radical (unpaired) electrons. The maximum atomic E-state index is 12.8. The fraction of sp³-hybridized carbons (Fsp3) is 0.333. The molecule has 0 saturated carbocycles. The first kappa shape index (κ1) is 20.1. The molecule has 1 aliphatic rings. The van der Waals surface area contributed by atoms with Gasteiger partial charge in [0, 0.05) is 5.69 Å². The molecule has 1 amide bonds. The van der Waals surface area contributed by atoms with Crippen molar-refractivity contribution in [1.82, 2.24) is 0 Å². The van der Waals surface area contributed by atoms with E-state index in [1.807, 2.05) is 37.3 Å². The van der Waals surface area contributed by atoms with Crippen molar-refractivity contribution in [3.05, 3.63) is 65.7 Å². The number of carbonyl (C=O) groups excluding carboxylic acids is 2. The lowest BCUT2D eigenvalue weighted by Gasteiger charge is -2.28. The van der Waals surface area contributed by atoms with Crippen molar-refractivity contribution in [2.24, 2.45) is 0 Å². The van der Waals surface area contributed by atoms with Gasteiger partial charge in [-0.05, 0) is 36.6 Å². The number of benzene rings is 2. The third kappa shape index (κ3) is 4.98. The van der Waals surface area contributed by atoms with E-state index in [0.717, 1.165) is 11.1 Å². The number of amides is 1. The van der Waals surface area contributed by atoms with Crippen LogP contribution in [-0.2, 0) is 30.6 Å². The van der Waals surface area contributed by atoms with Crippen molar-refractivity contribution in [2.75, 3.05) is 23.0 Å². The van der Waals surface area contributed by atoms with Crippen LogP contribution in [0.25, 0.3) is 0 Å². The zero-order valence-corrected chi connectivity index (χ0v) is 16.5. The molecule has 2 aromatic rings. The Morgan fingerprint density at radius 2 is 1.75 bits per heavy atom. The lowest BCUT2D eigenvalue weighted by Crippen LogP contribution is -2.43. The number of carbonyl (C=O) groups is 2. The highest BCUT2D eigenvalue weighted by Crippen LogP contribution is 2.24. The third-order valence-electron chi connectivity index (χ3n) is 4.83. The van der Waals surface area contributed by atoms with Gasteiger partial charge in [-0.15, -0.1) is 0 Å². The van der Waals surface area contributed by atoms with Crippen LogP contribution >= 0.6 is 0 Å². The first-order valence-electron chi connectivity index (χ1n) is 9.13. The van der Waals surface area contributed by atoms with Gasteiger partial charge in [0.1, 0.15) is 0 Å². The first-order valence-corrected chi connectivity index (χ1v) is 11.0. The van der Waals surface area contributed by atoms with Crippen LogP contribution in [-0.4, -0.2) is 44.4 Å². The third-order valence-corrected chi connectivity index (χ3v) is 6.58. The van der Waals surface area contributed by atoms with Gasteiger partial charge in [0.05, 0.1) is 24.0 Å². The summed E-state index contributed by atoms with van der Waals surface area (Å²) in [5, 5.41) is 0. The highest BCUT2D eigenvalue weighted by Gasteiger charge is 2.35. The fourth-order valence-corrected chi connectivity index (χ4v) is 5.05. The Hall–Kier alpha value is -2.67. The molecular formula is C21H23NO5S. The molecule has 0 N–H and O–H groups in total. The topological polar surface area (TPSA) is 80.8 Å². The summed E-state index contributed by atoms with van der Waals surface area (Å²) in [7, 11) is -3.16. The van der Waals surface area contributed by atoms with Crippen molar-refractivity contribution >= 4 is 27.4 Å². The van der Waals surface area contributed by atoms with E-state index < -0.39 is 34.4 Å². The Kier molecular flexibility index (Phi) is 6.14. The van der Waals surface area contributed by atoms with E-state index in [9.17, 15) is 18.0 Å². The van der Waals surface area contributed by atoms with Crippen LogP contribution in [0.4, 0.5) is 5.69 Å². The van der Waals surface area contributed by atoms with Crippen LogP contribution in [0.5, 0.6) is 0 Å². The molecule has 1 heterocycles. The molecule has 3 rings (SSSR count). The number of para-hydroxylation sites is 1. The zero-order valence-electron chi connectivity index (χ0n) is 15.7. The molecule has 0 unspecified atom stereocenters. The van der Waals surface area contributed by atoms with E-state index in [1.165, 1.54) is 4.90 Å². The summed E-state index contributed by atoms with van der Waals surface area (Å²) in [5.74, 6) is -0.937. The summed E-state index contributed by atoms with van der Waals surface area (Å²) >= 11 is 0. The number of hydrogen-bond acceptors (Lipinski definition) is 5. The monoisotopic (exact) mass is 401 g/mol. The number of aryl methyl sites for hydroxylation is 1. The van der Waals surface area contributed by atoms with Crippen LogP contribution < -0.4 is 4.90 Å². The molecule has 0 aromatic heterocycles. The van der Waals surface area contributed by atoms with Gasteiger partial charge in [0.2, 0.25) is 0 Å². The average molecular weight is 401 g/mol. The molecule has 2 aromatic carbocycles. The fourth-order valence-electron chi connectivity index (χ4n) is 3.35. The lowest BCUT2D eigenvalue weighted by atomic mass is 10.1. The summed E-state index contributed by atoms with van der Waals surface area (Å²) in [6.45, 7) is 1.49. The molecule has 28 heavy (non-hydrogen) atoms. The van der Waals surface area contributed by atoms with E-state index in [1.54, 1.807) is 24.3 Å². The molecule has 7 heteroatoms. The van der Waals surface area contributed by atoms with E-state index >= 15 is 0 Å². The van der Waals surface area contributed by atoms with Crippen LogP contribution in [0.3, 0.4) is 0 Å². The second kappa shape index (κ2) is 8.56. The molecule has 1 saturated heterocycles. The quantitative estimate of drug-likeness (QED) is 0.694. The molecule has 1 aliphatic heterocycles. The summed E-state index contributed by atoms with van der Waals surface area (Å²) in [6, 6.07) is 15.9. The van der Waals surface area contributed by atoms with Gasteiger partial charge >= 0.3 is 5.97 Å². The highest BCUT2D eigenvalue weighted by molar-refractivity contribution is 7.91. The SMILES string of the molecule is Cc1ccccc1CC(=O)OCC(=O)N(c1ccccc1)[C@@H]1CCS(=O)(=O)C1. The largest absolute Gasteiger partial charge is 0.455 e. The number of anilines is 1. The predicted molar refractivity (Wildman–Crippen MR) is 107 cm³/mol. The van der Waals surface area contributed by atoms with Crippen molar-refractivity contribution in [1.29, 1.82) is 0 Å². The van der Waals surface area contributed by atoms with Crippen LogP contribution in [0.2, 0.25) is 0 Å². The zero-order chi connectivity index (χ0) is 20.1. The van der Waals surface area contributed by atoms with Crippen LogP contribution in [0, 0.1) is 6.92 Å². The minimum atomic E-state index is -3.16. The molecule has 148 valence electrons. The first-order chi connectivity index (χ1) is 13.4. The van der Waals surface area contributed by atoms with Crippen molar-refractivity contribution in [3.8, 4) is 0 Å². The Balaban J connectivity index is 1.68. The van der Waals surface area contributed by atoms with E-state index in [0.29, 0.717) is 12.1 Å². The number of sulfone groups is 1. The number of nitrogens with zero attached hydrogens (tertiary/aromatic N) is 1. The molecule has 1 atom stereocenters. The number of ether oxygens (including phenoxy) is 1. The number of hydrogen-bond donors (Lipinski definition) is 0. The van der Waals surface area contributed by atoms with Gasteiger partial charge in [-0.3, -0.25) is 9.59 Å². The lowest BCUT2D eigenvalue weighted by molar-refractivity contribution is -0.147. The standard InChI is InChI=1S/C21H23NO5S/c1-16-7-5-6-8-17(16)13-21(24)27-14-20(23)22(18-9-3-2-4-10-18)19-11-12-28(25,26)15-19/h2-10,19H,11-15H2,1H3/t19-/m1/s1. The molecule has 6 nitrogen and oxygen atoms in total. The van der Waals surface area contributed by atoms with E-state index in [-0.39, 0.29) is 17.9 Å². The second-order valence-electron chi connectivity index (χ2n) is 6.92. The van der Waals surface area contributed by atoms with Gasteiger partial charge in [0.25, 0.3) is 5.91 Å². The average Bonchev–Trinajstić information content (AvgIpc) is 3.02. The van der Waals surface area contributed by atoms with Crippen molar-refractivity contribution < 1.29 is 22.7 Å². The van der Waals surface area contributed by atoms with Crippen LogP contribution in [0.15, 0.2) is 54.6 Å². The normalized spacial score (nSPS) is 17.8. The number of rotatable bonds is 6. The maximum Gasteiger partial charge on any atom is 0.310 e. The van der Waals surface area contributed by atoms with Crippen LogP contribution in [0.1, 0.15) is 17.5 Å². The summed E-state index contributed by atoms with van der Waals surface area (Å²) in [5.41, 5.74) is 2.43. The second-order valence-corrected chi connectivity index (χ2v) is 9.15. The van der Waals surface area contributed by atoms with Crippen molar-refractivity contribution in [3.63, 3.8) is 0 Å².